The van der Waals surface area contributed by atoms with Gasteiger partial charge in [0.2, 0.25) is 0 Å². The Labute approximate surface area is 103 Å². The lowest BCUT2D eigenvalue weighted by Gasteiger charge is -2.18. The Kier molecular flexibility index (Phi) is 3.67. The van der Waals surface area contributed by atoms with Gasteiger partial charge in [0.05, 0.1) is 0 Å². The fraction of sp³-hybridized carbons (Fsp3) is 0.692. The fourth-order valence-electron chi connectivity index (χ4n) is 2.44. The Morgan fingerprint density at radius 2 is 2.25 bits per heavy atom. The van der Waals surface area contributed by atoms with Crippen LogP contribution in [0.1, 0.15) is 36.1 Å². The van der Waals surface area contributed by atoms with Crippen molar-refractivity contribution in [2.45, 2.75) is 45.3 Å². The highest BCUT2D eigenvalue weighted by molar-refractivity contribution is 7.12. The van der Waals surface area contributed by atoms with Gasteiger partial charge in [0.1, 0.15) is 0 Å². The number of aryl methyl sites for hydroxylation is 1. The number of rotatable bonds is 3. The Balaban J connectivity index is 1.91. The zero-order valence-corrected chi connectivity index (χ0v) is 11.5. The number of thiophene rings is 1. The van der Waals surface area contributed by atoms with Crippen LogP contribution in [-0.4, -0.2) is 30.6 Å². The summed E-state index contributed by atoms with van der Waals surface area (Å²) in [7, 11) is 2.21. The van der Waals surface area contributed by atoms with E-state index in [2.05, 4.69) is 50.2 Å². The average molecular weight is 238 g/mol. The van der Waals surface area contributed by atoms with Crippen molar-refractivity contribution in [2.75, 3.05) is 13.6 Å². The van der Waals surface area contributed by atoms with Gasteiger partial charge in [0.25, 0.3) is 0 Å². The second-order valence-corrected chi connectivity index (χ2v) is 6.38. The van der Waals surface area contributed by atoms with Gasteiger partial charge >= 0.3 is 0 Å². The molecule has 0 bridgehead atoms. The first kappa shape index (κ1) is 12.1. The first-order valence-electron chi connectivity index (χ1n) is 6.09. The second kappa shape index (κ2) is 4.86. The minimum atomic E-state index is 0.488. The summed E-state index contributed by atoms with van der Waals surface area (Å²) in [6.45, 7) is 7.93. The highest BCUT2D eigenvalue weighted by atomic mass is 32.1. The van der Waals surface area contributed by atoms with Crippen molar-refractivity contribution >= 4 is 11.3 Å². The molecule has 3 heteroatoms. The van der Waals surface area contributed by atoms with Crippen LogP contribution < -0.4 is 5.32 Å². The smallest absolute Gasteiger partial charge is 0.0388 e. The van der Waals surface area contributed by atoms with Crippen LogP contribution in [-0.2, 0) is 0 Å². The summed E-state index contributed by atoms with van der Waals surface area (Å²) in [5.41, 5.74) is 0. The lowest BCUT2D eigenvalue weighted by atomic mass is 10.1. The van der Waals surface area contributed by atoms with Gasteiger partial charge in [0, 0.05) is 34.4 Å². The standard InChI is InChI=1S/C13H22N2S/c1-9-7-12(8-15(9)4)14-11(3)13-6-5-10(2)16-13/h5-6,9,11-12,14H,7-8H2,1-4H3. The maximum atomic E-state index is 3.74. The molecule has 1 aromatic rings. The van der Waals surface area contributed by atoms with Crippen molar-refractivity contribution < 1.29 is 0 Å². The summed E-state index contributed by atoms with van der Waals surface area (Å²) >= 11 is 1.90. The van der Waals surface area contributed by atoms with Gasteiger partial charge in [0.15, 0.2) is 0 Å². The van der Waals surface area contributed by atoms with E-state index in [1.54, 1.807) is 0 Å². The molecule has 0 spiro atoms. The molecule has 3 atom stereocenters. The predicted octanol–water partition coefficient (Wildman–Crippen LogP) is 2.80. The third-order valence-electron chi connectivity index (χ3n) is 3.56. The third kappa shape index (κ3) is 2.65. The minimum Gasteiger partial charge on any atom is -0.305 e. The molecule has 0 aromatic carbocycles. The molecule has 0 saturated carbocycles. The largest absolute Gasteiger partial charge is 0.305 e. The van der Waals surface area contributed by atoms with Crippen LogP contribution in [0.2, 0.25) is 0 Å². The van der Waals surface area contributed by atoms with Gasteiger partial charge in [-0.3, -0.25) is 0 Å². The van der Waals surface area contributed by atoms with Crippen LogP contribution in [0.4, 0.5) is 0 Å². The van der Waals surface area contributed by atoms with Gasteiger partial charge in [-0.25, -0.2) is 0 Å². The number of nitrogens with one attached hydrogen (secondary N) is 1. The van der Waals surface area contributed by atoms with Gasteiger partial charge in [-0.1, -0.05) is 0 Å². The van der Waals surface area contributed by atoms with Gasteiger partial charge in [-0.15, -0.1) is 11.3 Å². The number of nitrogens with zero attached hydrogens (tertiary/aromatic N) is 1. The van der Waals surface area contributed by atoms with E-state index in [0.717, 1.165) is 6.04 Å². The average Bonchev–Trinajstić information content (AvgIpc) is 2.75. The highest BCUT2D eigenvalue weighted by Gasteiger charge is 2.27. The van der Waals surface area contributed by atoms with Crippen molar-refractivity contribution in [3.05, 3.63) is 21.9 Å². The first-order chi connectivity index (χ1) is 7.56. The molecule has 0 aliphatic carbocycles. The molecule has 2 heterocycles. The second-order valence-electron chi connectivity index (χ2n) is 5.06. The summed E-state index contributed by atoms with van der Waals surface area (Å²) in [4.78, 5) is 5.30. The van der Waals surface area contributed by atoms with Crippen LogP contribution >= 0.6 is 11.3 Å². The molecule has 1 fully saturated rings. The van der Waals surface area contributed by atoms with Gasteiger partial charge in [-0.2, -0.15) is 0 Å². The van der Waals surface area contributed by atoms with Gasteiger partial charge in [-0.05, 0) is 46.4 Å². The van der Waals surface area contributed by atoms with E-state index in [0.29, 0.717) is 12.1 Å². The zero-order valence-electron chi connectivity index (χ0n) is 10.7. The molecule has 1 saturated heterocycles. The van der Waals surface area contributed by atoms with Crippen LogP contribution in [0.25, 0.3) is 0 Å². The molecule has 3 unspecified atom stereocenters. The van der Waals surface area contributed by atoms with E-state index in [1.807, 2.05) is 11.3 Å². The Morgan fingerprint density at radius 3 is 2.75 bits per heavy atom. The van der Waals surface area contributed by atoms with Crippen molar-refractivity contribution in [3.63, 3.8) is 0 Å². The molecule has 1 aliphatic rings. The van der Waals surface area contributed by atoms with E-state index < -0.39 is 0 Å². The van der Waals surface area contributed by atoms with Crippen molar-refractivity contribution in [1.82, 2.24) is 10.2 Å². The summed E-state index contributed by atoms with van der Waals surface area (Å²) < 4.78 is 0. The number of hydrogen-bond donors (Lipinski definition) is 1. The summed E-state index contributed by atoms with van der Waals surface area (Å²) in [6.07, 6.45) is 1.27. The molecule has 0 radical (unpaired) electrons. The van der Waals surface area contributed by atoms with Crippen molar-refractivity contribution in [1.29, 1.82) is 0 Å². The van der Waals surface area contributed by atoms with Crippen LogP contribution in [0.15, 0.2) is 12.1 Å². The normalized spacial score (nSPS) is 28.5. The molecule has 2 nitrogen and oxygen atoms in total. The highest BCUT2D eigenvalue weighted by Crippen LogP contribution is 2.24. The van der Waals surface area contributed by atoms with Gasteiger partial charge < -0.3 is 10.2 Å². The molecule has 90 valence electrons. The molecule has 1 aromatic heterocycles. The van der Waals surface area contributed by atoms with E-state index >= 15 is 0 Å². The van der Waals surface area contributed by atoms with E-state index in [1.165, 1.54) is 22.7 Å². The first-order valence-corrected chi connectivity index (χ1v) is 6.90. The zero-order chi connectivity index (χ0) is 11.7. The van der Waals surface area contributed by atoms with Crippen LogP contribution in [0, 0.1) is 6.92 Å². The molecule has 2 rings (SSSR count). The summed E-state index contributed by atoms with van der Waals surface area (Å²) in [6, 6.07) is 6.32. The quantitative estimate of drug-likeness (QED) is 0.871. The lowest BCUT2D eigenvalue weighted by Crippen LogP contribution is -2.33. The van der Waals surface area contributed by atoms with Crippen LogP contribution in [0.5, 0.6) is 0 Å². The maximum absolute atomic E-state index is 3.74. The lowest BCUT2D eigenvalue weighted by molar-refractivity contribution is 0.325. The third-order valence-corrected chi connectivity index (χ3v) is 4.74. The molecule has 1 aliphatic heterocycles. The predicted molar refractivity (Wildman–Crippen MR) is 71.1 cm³/mol. The van der Waals surface area contributed by atoms with Crippen molar-refractivity contribution in [3.8, 4) is 0 Å². The molecule has 16 heavy (non-hydrogen) atoms. The summed E-state index contributed by atoms with van der Waals surface area (Å²) in [5, 5.41) is 3.74. The van der Waals surface area contributed by atoms with Crippen LogP contribution in [0.3, 0.4) is 0 Å². The minimum absolute atomic E-state index is 0.488. The Hall–Kier alpha value is -0.380. The van der Waals surface area contributed by atoms with Crippen molar-refractivity contribution in [2.24, 2.45) is 0 Å². The topological polar surface area (TPSA) is 15.3 Å². The molecular weight excluding hydrogens is 216 g/mol. The molecule has 0 amide bonds. The molecular formula is C13H22N2S. The van der Waals surface area contributed by atoms with E-state index in [4.69, 9.17) is 0 Å². The fourth-order valence-corrected chi connectivity index (χ4v) is 3.33. The molecule has 1 N–H and O–H groups in total. The Morgan fingerprint density at radius 1 is 1.50 bits per heavy atom. The SMILES string of the molecule is Cc1ccc(C(C)NC2CC(C)N(C)C2)s1. The number of likely N-dealkylation sites (tertiary alicyclic amines) is 1. The number of likely N-dealkylation sites (N-methyl/N-ethyl adjacent to an activating group) is 1. The van der Waals surface area contributed by atoms with E-state index in [9.17, 15) is 0 Å². The van der Waals surface area contributed by atoms with E-state index in [-0.39, 0.29) is 0 Å². The maximum Gasteiger partial charge on any atom is 0.0388 e. The summed E-state index contributed by atoms with van der Waals surface area (Å²) in [5.74, 6) is 0. The Bertz CT molecular complexity index is 337. The number of hydrogen-bond acceptors (Lipinski definition) is 3. The monoisotopic (exact) mass is 238 g/mol.